The van der Waals surface area contributed by atoms with Crippen molar-refractivity contribution in [3.63, 3.8) is 0 Å². The van der Waals surface area contributed by atoms with Crippen LogP contribution < -0.4 is 82.7 Å². The van der Waals surface area contributed by atoms with E-state index in [-0.39, 0.29) is 83.0 Å². The molecule has 2 aromatic rings. The van der Waals surface area contributed by atoms with Gasteiger partial charge in [0, 0.05) is 45.3 Å². The zero-order valence-corrected chi connectivity index (χ0v) is 55.3. The van der Waals surface area contributed by atoms with Gasteiger partial charge in [-0.2, -0.15) is 11.8 Å². The van der Waals surface area contributed by atoms with Crippen LogP contribution in [0.4, 0.5) is 0 Å². The van der Waals surface area contributed by atoms with Crippen molar-refractivity contribution in [1.82, 2.24) is 52.3 Å². The van der Waals surface area contributed by atoms with Crippen LogP contribution in [0.15, 0.2) is 65.7 Å². The molecule has 32 heteroatoms. The Balaban J connectivity index is 1.56. The van der Waals surface area contributed by atoms with Gasteiger partial charge in [0.05, 0.1) is 12.6 Å². The number of guanidine groups is 1. The van der Waals surface area contributed by atoms with Gasteiger partial charge in [0.15, 0.2) is 5.96 Å². The van der Waals surface area contributed by atoms with Gasteiger partial charge < -0.3 is 92.5 Å². The fraction of sp³-hybridized carbons (Fsp3) is 0.587. The summed E-state index contributed by atoms with van der Waals surface area (Å²) in [7, 11) is 0. The van der Waals surface area contributed by atoms with Crippen molar-refractivity contribution < 1.29 is 62.3 Å². The number of nitrogens with zero attached hydrogens (tertiary/aromatic N) is 3. The molecule has 2 aliphatic heterocycles. The van der Waals surface area contributed by atoms with Gasteiger partial charge >= 0.3 is 0 Å². The monoisotopic (exact) mass is 1350 g/mol. The number of likely N-dealkylation sites (tertiary alicyclic amines) is 2. The maximum Gasteiger partial charge on any atom is 0.245 e. The van der Waals surface area contributed by atoms with Gasteiger partial charge in [-0.15, -0.1) is 0 Å². The van der Waals surface area contributed by atoms with Crippen LogP contribution in [0.2, 0.25) is 0 Å². The van der Waals surface area contributed by atoms with Gasteiger partial charge in [0.1, 0.15) is 54.4 Å². The van der Waals surface area contributed by atoms with Crippen LogP contribution in [0.1, 0.15) is 121 Å². The summed E-state index contributed by atoms with van der Waals surface area (Å²) in [5, 5.41) is 21.1. The molecule has 0 aliphatic carbocycles. The first kappa shape index (κ1) is 78.5. The molecule has 2 aliphatic rings. The van der Waals surface area contributed by atoms with E-state index < -0.39 is 169 Å². The van der Waals surface area contributed by atoms with Gasteiger partial charge in [-0.1, -0.05) is 74.5 Å². The number of hydrogen-bond donors (Lipinski definition) is 15. The number of benzene rings is 2. The van der Waals surface area contributed by atoms with Crippen LogP contribution >= 0.6 is 11.8 Å². The summed E-state index contributed by atoms with van der Waals surface area (Å²) >= 11 is 1.45. The lowest BCUT2D eigenvalue weighted by Gasteiger charge is -2.32. The van der Waals surface area contributed by atoms with Crippen molar-refractivity contribution >= 4 is 94.5 Å². The predicted molar refractivity (Wildman–Crippen MR) is 356 cm³/mol. The highest BCUT2D eigenvalue weighted by atomic mass is 32.2. The van der Waals surface area contributed by atoms with Crippen LogP contribution in [-0.4, -0.2) is 198 Å². The van der Waals surface area contributed by atoms with E-state index in [2.05, 4.69) is 47.5 Å². The molecule has 0 spiro atoms. The summed E-state index contributed by atoms with van der Waals surface area (Å²) in [6, 6.07) is 4.51. The van der Waals surface area contributed by atoms with Crippen LogP contribution in [0.5, 0.6) is 0 Å². The molecule has 0 saturated carbocycles. The molecule has 0 unspecified atom stereocenters. The Hall–Kier alpha value is -8.91. The summed E-state index contributed by atoms with van der Waals surface area (Å²) < 4.78 is 0. The van der Waals surface area contributed by atoms with Gasteiger partial charge in [0.25, 0.3) is 0 Å². The minimum Gasteiger partial charge on any atom is -0.370 e. The van der Waals surface area contributed by atoms with E-state index in [1.807, 2.05) is 20.1 Å². The Labute approximate surface area is 558 Å². The van der Waals surface area contributed by atoms with E-state index in [9.17, 15) is 62.3 Å². The quantitative estimate of drug-likeness (QED) is 0.0173. The molecular weight excluding hydrogens is 1250 g/mol. The normalized spacial score (nSPS) is 16.8. The van der Waals surface area contributed by atoms with Crippen LogP contribution in [0.3, 0.4) is 0 Å². The molecule has 95 heavy (non-hydrogen) atoms. The van der Waals surface area contributed by atoms with E-state index >= 15 is 0 Å². The number of primary amides is 3. The van der Waals surface area contributed by atoms with Crippen molar-refractivity contribution in [2.75, 3.05) is 44.7 Å². The summed E-state index contributed by atoms with van der Waals surface area (Å²) in [4.78, 5) is 185. The topological polar surface area (TPSA) is 519 Å². The van der Waals surface area contributed by atoms with Gasteiger partial charge in [-0.05, 0) is 119 Å². The standard InChI is InChI=1S/C63H98N18O13S/c1-37(2)33-45(57(89)74-41(53(68)85)27-32-95-3)73-52(84)36-72-54(86)46(34-38-15-6-4-7-16-38)78-58(90)47(35-39-17-8-5-9-18-39)79-56(88)42(23-25-50(66)82)75-55(87)43(24-26-51(67)83)76-59(91)49-22-14-31-81(49)62(94)44(20-10-11-28-64)77-60(92)48-21-13-30-80(48)61(93)40(65)19-12-29-71-63(69)70/h4-9,15-18,37,40-49H,10-14,19-36,64-65H2,1-3H3,(H2,66,82)(H2,67,83)(H2,68,85)(H,72,86)(H,73,84)(H,74,89)(H,75,87)(H,76,91)(H,77,92)(H,78,90)(H,79,88)(H4,69,70,71)/t40-,41+,42-,43+,44+,45+,46-,47+,48-,49+/m1/s1. The Bertz CT molecular complexity index is 2960. The highest BCUT2D eigenvalue weighted by Crippen LogP contribution is 2.24. The van der Waals surface area contributed by atoms with E-state index in [1.165, 1.54) is 21.6 Å². The molecule has 2 saturated heterocycles. The largest absolute Gasteiger partial charge is 0.370 e. The maximum absolute atomic E-state index is 14.7. The minimum atomic E-state index is -1.64. The molecule has 524 valence electrons. The fourth-order valence-corrected chi connectivity index (χ4v) is 11.5. The second-order valence-corrected chi connectivity index (χ2v) is 25.1. The van der Waals surface area contributed by atoms with Crippen molar-refractivity contribution in [3.05, 3.63) is 71.8 Å². The number of nitrogens with one attached hydrogen (secondary N) is 8. The Morgan fingerprint density at radius 3 is 1.51 bits per heavy atom. The third-order valence-corrected chi connectivity index (χ3v) is 16.7. The van der Waals surface area contributed by atoms with Crippen molar-refractivity contribution in [2.24, 2.45) is 51.0 Å². The number of rotatable bonds is 42. The highest BCUT2D eigenvalue weighted by molar-refractivity contribution is 7.98. The zero-order valence-electron chi connectivity index (χ0n) is 54.5. The van der Waals surface area contributed by atoms with Crippen molar-refractivity contribution in [3.8, 4) is 0 Å². The molecule has 0 bridgehead atoms. The Kier molecular flexibility index (Phi) is 33.9. The van der Waals surface area contributed by atoms with E-state index in [0.29, 0.717) is 55.4 Å². The number of nitrogens with two attached hydrogens (primary N) is 7. The van der Waals surface area contributed by atoms with Gasteiger partial charge in [0.2, 0.25) is 76.8 Å². The molecule has 2 aromatic carbocycles. The number of carbonyl (C=O) groups is 13. The van der Waals surface area contributed by atoms with Crippen molar-refractivity contribution in [2.45, 2.75) is 183 Å². The number of unbranched alkanes of at least 4 members (excludes halogenated alkanes) is 1. The van der Waals surface area contributed by atoms with Gasteiger partial charge in [-0.3, -0.25) is 67.3 Å². The van der Waals surface area contributed by atoms with Crippen molar-refractivity contribution in [1.29, 1.82) is 0 Å². The molecule has 31 nitrogen and oxygen atoms in total. The second-order valence-electron chi connectivity index (χ2n) is 24.1. The number of amides is 13. The SMILES string of the molecule is CSCC[C@H](NC(=O)[C@H](CC(C)C)NC(=O)CNC(=O)[C@@H](Cc1ccccc1)NC(=O)[C@H](Cc1ccccc1)NC(=O)[C@@H](CCC(N)=O)NC(=O)[C@H](CCC(N)=O)NC(=O)[C@@H]1CCCN1C(=O)[C@H](CCCCN)NC(=O)[C@H]1CCCN1C(=O)[C@H](N)CCCN=C(N)N)C(N)=O. The molecule has 0 radical (unpaired) electrons. The van der Waals surface area contributed by atoms with E-state index in [1.54, 1.807) is 60.7 Å². The van der Waals surface area contributed by atoms with E-state index in [0.717, 1.165) is 0 Å². The molecule has 13 amide bonds. The first-order chi connectivity index (χ1) is 45.2. The second kappa shape index (κ2) is 41.0. The number of thioether (sulfide) groups is 1. The van der Waals surface area contributed by atoms with Gasteiger partial charge in [-0.25, -0.2) is 0 Å². The third kappa shape index (κ3) is 27.5. The summed E-state index contributed by atoms with van der Waals surface area (Å²) in [6.45, 7) is 3.86. The highest BCUT2D eigenvalue weighted by Gasteiger charge is 2.42. The molecule has 2 heterocycles. The first-order valence-electron chi connectivity index (χ1n) is 32.2. The predicted octanol–water partition coefficient (Wildman–Crippen LogP) is -3.71. The zero-order chi connectivity index (χ0) is 70.1. The lowest BCUT2D eigenvalue weighted by molar-refractivity contribution is -0.144. The Morgan fingerprint density at radius 2 is 1.01 bits per heavy atom. The number of carbonyl (C=O) groups excluding carboxylic acids is 13. The maximum atomic E-state index is 14.7. The third-order valence-electron chi connectivity index (χ3n) is 16.0. The molecule has 10 atom stereocenters. The fourth-order valence-electron chi connectivity index (χ4n) is 11.0. The summed E-state index contributed by atoms with van der Waals surface area (Å²) in [6.07, 6.45) is 3.12. The molecule has 2 fully saturated rings. The first-order valence-corrected chi connectivity index (χ1v) is 33.6. The Morgan fingerprint density at radius 1 is 0.537 bits per heavy atom. The van der Waals surface area contributed by atoms with Crippen LogP contribution in [0, 0.1) is 5.92 Å². The lowest BCUT2D eigenvalue weighted by Crippen LogP contribution is -2.60. The summed E-state index contributed by atoms with van der Waals surface area (Å²) in [5.74, 6) is -9.80. The molecule has 4 rings (SSSR count). The molecule has 22 N–H and O–H groups in total. The lowest BCUT2D eigenvalue weighted by atomic mass is 10.0. The molecular formula is C63H98N18O13S. The average Bonchev–Trinajstić information content (AvgIpc) is 1.74. The minimum absolute atomic E-state index is 0.0736. The average molecular weight is 1350 g/mol. The number of hydrogen-bond acceptors (Lipinski definition) is 17. The summed E-state index contributed by atoms with van der Waals surface area (Å²) in [5.41, 5.74) is 40.6. The van der Waals surface area contributed by atoms with Crippen LogP contribution in [0.25, 0.3) is 0 Å². The number of aliphatic imine (C=N–C) groups is 1. The smallest absolute Gasteiger partial charge is 0.245 e. The van der Waals surface area contributed by atoms with E-state index in [4.69, 9.17) is 40.1 Å². The van der Waals surface area contributed by atoms with Crippen LogP contribution in [-0.2, 0) is 75.2 Å². The molecule has 0 aromatic heterocycles.